The first-order valence-electron chi connectivity index (χ1n) is 7.87. The first-order chi connectivity index (χ1) is 13.6. The van der Waals surface area contributed by atoms with E-state index in [-0.39, 0.29) is 37.3 Å². The first kappa shape index (κ1) is 24.8. The van der Waals surface area contributed by atoms with E-state index in [1.165, 1.54) is 18.4 Å². The Kier molecular flexibility index (Phi) is 7.07. The van der Waals surface area contributed by atoms with E-state index in [1.807, 2.05) is 5.32 Å². The average Bonchev–Trinajstić information content (AvgIpc) is 2.61. The molecule has 2 atom stereocenters. The fourth-order valence-corrected chi connectivity index (χ4v) is 4.92. The van der Waals surface area contributed by atoms with Crippen LogP contribution >= 0.6 is 23.2 Å². The summed E-state index contributed by atoms with van der Waals surface area (Å²) in [4.78, 5) is 11.5. The average molecular weight is 504 g/mol. The molecule has 0 saturated carbocycles. The molecule has 0 spiro atoms. The zero-order valence-corrected chi connectivity index (χ0v) is 18.4. The molecule has 0 heterocycles. The van der Waals surface area contributed by atoms with Gasteiger partial charge in [0.2, 0.25) is 15.4 Å². The van der Waals surface area contributed by atoms with Crippen LogP contribution in [0.1, 0.15) is 6.92 Å². The molecule has 2 rings (SSSR count). The van der Waals surface area contributed by atoms with Crippen molar-refractivity contribution in [2.45, 2.75) is 33.4 Å². The van der Waals surface area contributed by atoms with Gasteiger partial charge in [0.1, 0.15) is 6.26 Å². The standard InChI is InChI=1S/C17H14Cl2F3NO5S2/c1-16(25,17(20,21)22)15(24)23-13-5-3-9(7-11(13)18)30(27,28)10-4-6-14(29(2)26)12(19)8-10/h3-8,25H,1-2H3,(H,23,24)/t16-,29?/m1/s1. The minimum absolute atomic E-state index is 0.0266. The number of carbonyl (C=O) groups is 1. The predicted molar refractivity (Wildman–Crippen MR) is 106 cm³/mol. The molecule has 13 heteroatoms. The summed E-state index contributed by atoms with van der Waals surface area (Å²) in [6.45, 7) is 0.270. The van der Waals surface area contributed by atoms with E-state index in [0.29, 0.717) is 0 Å². The van der Waals surface area contributed by atoms with Crippen molar-refractivity contribution in [2.75, 3.05) is 11.6 Å². The largest absolute Gasteiger partial charge is 0.612 e. The molecule has 1 unspecified atom stereocenters. The predicted octanol–water partition coefficient (Wildman–Crippen LogP) is 3.82. The number of amides is 1. The van der Waals surface area contributed by atoms with Gasteiger partial charge in [-0.25, -0.2) is 8.42 Å². The molecule has 0 saturated heterocycles. The molecule has 164 valence electrons. The second-order valence-electron chi connectivity index (χ2n) is 6.22. The fourth-order valence-electron chi connectivity index (χ4n) is 2.16. The fraction of sp³-hybridized carbons (Fsp3) is 0.235. The van der Waals surface area contributed by atoms with Crippen molar-refractivity contribution in [3.8, 4) is 0 Å². The van der Waals surface area contributed by atoms with Crippen molar-refractivity contribution in [1.29, 1.82) is 0 Å². The summed E-state index contributed by atoms with van der Waals surface area (Å²) in [6, 6.07) is 6.52. The lowest BCUT2D eigenvalue weighted by atomic mass is 10.1. The van der Waals surface area contributed by atoms with Gasteiger partial charge in [-0.15, -0.1) is 0 Å². The summed E-state index contributed by atoms with van der Waals surface area (Å²) in [5.41, 5.74) is -4.02. The molecule has 0 aliphatic heterocycles. The Bertz CT molecular complexity index is 1090. The van der Waals surface area contributed by atoms with Crippen molar-refractivity contribution in [1.82, 2.24) is 0 Å². The minimum Gasteiger partial charge on any atom is -0.612 e. The van der Waals surface area contributed by atoms with E-state index in [4.69, 9.17) is 23.2 Å². The maximum absolute atomic E-state index is 12.8. The SMILES string of the molecule is C[S+]([O-])c1ccc(S(=O)(=O)c2ccc(NC(=O)[C@@](C)(O)C(F)(F)F)c(Cl)c2)cc1Cl. The number of anilines is 1. The minimum atomic E-state index is -5.24. The van der Waals surface area contributed by atoms with Gasteiger partial charge in [0.05, 0.1) is 25.5 Å². The number of alkyl halides is 3. The van der Waals surface area contributed by atoms with Crippen LogP contribution in [0.15, 0.2) is 51.1 Å². The van der Waals surface area contributed by atoms with E-state index in [0.717, 1.165) is 24.3 Å². The molecule has 0 aromatic heterocycles. The summed E-state index contributed by atoms with van der Waals surface area (Å²) < 4.78 is 75.3. The number of sulfone groups is 1. The molecule has 30 heavy (non-hydrogen) atoms. The smallest absolute Gasteiger partial charge is 0.426 e. The number of hydrogen-bond acceptors (Lipinski definition) is 5. The van der Waals surface area contributed by atoms with Crippen molar-refractivity contribution in [2.24, 2.45) is 0 Å². The van der Waals surface area contributed by atoms with Gasteiger partial charge in [0.15, 0.2) is 4.90 Å². The molecular weight excluding hydrogens is 490 g/mol. The molecular formula is C17H14Cl2F3NO5S2. The molecule has 6 nitrogen and oxygen atoms in total. The van der Waals surface area contributed by atoms with Gasteiger partial charge in [-0.1, -0.05) is 23.2 Å². The van der Waals surface area contributed by atoms with Crippen molar-refractivity contribution < 1.29 is 36.0 Å². The maximum Gasteiger partial charge on any atom is 0.426 e. The molecule has 0 bridgehead atoms. The Morgan fingerprint density at radius 3 is 2.03 bits per heavy atom. The number of carbonyl (C=O) groups excluding carboxylic acids is 1. The van der Waals surface area contributed by atoms with Gasteiger partial charge in [0, 0.05) is 0 Å². The van der Waals surface area contributed by atoms with Gasteiger partial charge < -0.3 is 15.0 Å². The number of nitrogens with one attached hydrogen (secondary N) is 1. The number of benzene rings is 2. The quantitative estimate of drug-likeness (QED) is 0.603. The Morgan fingerprint density at radius 1 is 1.10 bits per heavy atom. The summed E-state index contributed by atoms with van der Waals surface area (Å²) in [5, 5.41) is 10.8. The van der Waals surface area contributed by atoms with E-state index in [1.54, 1.807) is 0 Å². The summed E-state index contributed by atoms with van der Waals surface area (Å²) in [6.07, 6.45) is -3.86. The van der Waals surface area contributed by atoms with E-state index < -0.39 is 38.7 Å². The summed E-state index contributed by atoms with van der Waals surface area (Å²) in [5.74, 6) is -1.79. The normalized spacial score (nSPS) is 15.4. The summed E-state index contributed by atoms with van der Waals surface area (Å²) in [7, 11) is -4.13. The van der Waals surface area contributed by atoms with Crippen LogP contribution in [0.4, 0.5) is 18.9 Å². The lowest BCUT2D eigenvalue weighted by molar-refractivity contribution is -0.242. The number of rotatable bonds is 5. The van der Waals surface area contributed by atoms with Crippen LogP contribution in [0.2, 0.25) is 10.0 Å². The van der Waals surface area contributed by atoms with Gasteiger partial charge in [-0.2, -0.15) is 13.2 Å². The van der Waals surface area contributed by atoms with E-state index in [9.17, 15) is 36.0 Å². The number of aliphatic hydroxyl groups is 1. The number of halogens is 5. The van der Waals surface area contributed by atoms with E-state index >= 15 is 0 Å². The van der Waals surface area contributed by atoms with Crippen LogP contribution in [0.3, 0.4) is 0 Å². The van der Waals surface area contributed by atoms with Gasteiger partial charge in [-0.05, 0) is 54.5 Å². The molecule has 0 radical (unpaired) electrons. The molecule has 2 aromatic rings. The third-order valence-corrected chi connectivity index (χ3v) is 7.48. The van der Waals surface area contributed by atoms with Crippen molar-refractivity contribution in [3.05, 3.63) is 46.4 Å². The third-order valence-electron chi connectivity index (χ3n) is 4.02. The zero-order valence-electron chi connectivity index (χ0n) is 15.3. The van der Waals surface area contributed by atoms with Crippen molar-refractivity contribution in [3.63, 3.8) is 0 Å². The molecule has 0 aliphatic carbocycles. The maximum atomic E-state index is 12.8. The highest BCUT2D eigenvalue weighted by Gasteiger charge is 2.55. The molecule has 0 aliphatic rings. The first-order valence-corrected chi connectivity index (χ1v) is 11.7. The highest BCUT2D eigenvalue weighted by Crippen LogP contribution is 2.34. The molecule has 1 amide bonds. The Labute approximate surface area is 183 Å². The highest BCUT2D eigenvalue weighted by molar-refractivity contribution is 7.91. The van der Waals surface area contributed by atoms with Crippen LogP contribution < -0.4 is 5.32 Å². The van der Waals surface area contributed by atoms with Gasteiger partial charge in [0.25, 0.3) is 5.91 Å². The van der Waals surface area contributed by atoms with Crippen LogP contribution in [0.5, 0.6) is 0 Å². The molecule has 2 aromatic carbocycles. The highest BCUT2D eigenvalue weighted by atomic mass is 35.5. The third kappa shape index (κ3) is 4.87. The number of hydrogen-bond donors (Lipinski definition) is 2. The Balaban J connectivity index is 2.37. The Hall–Kier alpha value is -1.50. The topological polar surface area (TPSA) is 107 Å². The van der Waals surface area contributed by atoms with E-state index in [2.05, 4.69) is 0 Å². The van der Waals surface area contributed by atoms with Crippen LogP contribution in [0, 0.1) is 0 Å². The Morgan fingerprint density at radius 2 is 1.60 bits per heavy atom. The monoisotopic (exact) mass is 503 g/mol. The van der Waals surface area contributed by atoms with Gasteiger partial charge in [-0.3, -0.25) is 4.79 Å². The second-order valence-corrected chi connectivity index (χ2v) is 10.3. The van der Waals surface area contributed by atoms with Crippen LogP contribution in [0.25, 0.3) is 0 Å². The lowest BCUT2D eigenvalue weighted by Crippen LogP contribution is -2.52. The van der Waals surface area contributed by atoms with Crippen molar-refractivity contribution >= 4 is 55.8 Å². The zero-order chi connectivity index (χ0) is 23.1. The van der Waals surface area contributed by atoms with Gasteiger partial charge >= 0.3 is 6.18 Å². The second kappa shape index (κ2) is 8.56. The van der Waals surface area contributed by atoms with Crippen LogP contribution in [-0.4, -0.2) is 42.0 Å². The summed E-state index contributed by atoms with van der Waals surface area (Å²) >= 11 is 10.5. The van der Waals surface area contributed by atoms with Crippen LogP contribution in [-0.2, 0) is 25.8 Å². The lowest BCUT2D eigenvalue weighted by Gasteiger charge is -2.25. The molecule has 0 fully saturated rings. The molecule has 2 N–H and O–H groups in total.